The molecule has 0 saturated heterocycles. The summed E-state index contributed by atoms with van der Waals surface area (Å²) in [6.07, 6.45) is 8.22. The normalized spacial score (nSPS) is 16.9. The Balaban J connectivity index is 0.00000162. The maximum atomic E-state index is 8.98. The Kier molecular flexibility index (Phi) is 7.33. The van der Waals surface area contributed by atoms with Crippen LogP contribution >= 0.6 is 12.4 Å². The summed E-state index contributed by atoms with van der Waals surface area (Å²) in [6, 6.07) is 8.92. The van der Waals surface area contributed by atoms with Crippen LogP contribution in [0, 0.1) is 0 Å². The number of rotatable bonds is 4. The summed E-state index contributed by atoms with van der Waals surface area (Å²) in [5.74, 6) is 0. The second-order valence-electron chi connectivity index (χ2n) is 5.04. The topological polar surface area (TPSA) is 32.3 Å². The van der Waals surface area contributed by atoms with Gasteiger partial charge < -0.3 is 10.4 Å². The monoisotopic (exact) mass is 269 g/mol. The van der Waals surface area contributed by atoms with Gasteiger partial charge in [-0.15, -0.1) is 12.4 Å². The molecule has 0 bridgehead atoms. The van der Waals surface area contributed by atoms with Crippen molar-refractivity contribution in [1.29, 1.82) is 0 Å². The molecule has 0 aromatic heterocycles. The first kappa shape index (κ1) is 15.5. The van der Waals surface area contributed by atoms with Crippen LogP contribution < -0.4 is 5.32 Å². The van der Waals surface area contributed by atoms with Crippen molar-refractivity contribution < 1.29 is 5.11 Å². The van der Waals surface area contributed by atoms with Gasteiger partial charge in [0, 0.05) is 12.6 Å². The van der Waals surface area contributed by atoms with Crippen molar-refractivity contribution in [2.75, 3.05) is 0 Å². The Morgan fingerprint density at radius 3 is 2.06 bits per heavy atom. The van der Waals surface area contributed by atoms with Crippen molar-refractivity contribution in [2.24, 2.45) is 0 Å². The number of benzene rings is 1. The van der Waals surface area contributed by atoms with Crippen LogP contribution in [0.1, 0.15) is 49.7 Å². The average molecular weight is 270 g/mol. The van der Waals surface area contributed by atoms with Gasteiger partial charge in [0.2, 0.25) is 0 Å². The number of nitrogens with one attached hydrogen (secondary N) is 1. The van der Waals surface area contributed by atoms with E-state index in [1.807, 2.05) is 12.1 Å². The van der Waals surface area contributed by atoms with Crippen LogP contribution in [0.5, 0.6) is 0 Å². The molecule has 3 heteroatoms. The second-order valence-corrected chi connectivity index (χ2v) is 5.04. The fourth-order valence-corrected chi connectivity index (χ4v) is 2.51. The van der Waals surface area contributed by atoms with Gasteiger partial charge in [0.05, 0.1) is 6.61 Å². The molecule has 2 nitrogen and oxygen atoms in total. The molecule has 0 atom stereocenters. The minimum Gasteiger partial charge on any atom is -0.392 e. The molecule has 1 saturated carbocycles. The Labute approximate surface area is 116 Å². The number of aliphatic hydroxyl groups is 1. The summed E-state index contributed by atoms with van der Waals surface area (Å²) in [6.45, 7) is 1.09. The molecule has 0 spiro atoms. The first-order chi connectivity index (χ1) is 8.38. The minimum atomic E-state index is 0. The van der Waals surface area contributed by atoms with Gasteiger partial charge in [0.25, 0.3) is 0 Å². The number of hydrogen-bond donors (Lipinski definition) is 2. The molecule has 1 aliphatic rings. The van der Waals surface area contributed by atoms with E-state index in [1.54, 1.807) is 0 Å². The van der Waals surface area contributed by atoms with Gasteiger partial charge in [-0.25, -0.2) is 0 Å². The zero-order valence-electron chi connectivity index (χ0n) is 10.9. The molecule has 0 radical (unpaired) electrons. The Morgan fingerprint density at radius 1 is 0.944 bits per heavy atom. The smallest absolute Gasteiger partial charge is 0.0681 e. The van der Waals surface area contributed by atoms with E-state index in [4.69, 9.17) is 5.11 Å². The van der Waals surface area contributed by atoms with E-state index in [0.29, 0.717) is 6.04 Å². The molecule has 1 aromatic rings. The fraction of sp³-hybridized carbons (Fsp3) is 0.600. The summed E-state index contributed by atoms with van der Waals surface area (Å²) in [5, 5.41) is 12.6. The molecule has 2 rings (SSSR count). The van der Waals surface area contributed by atoms with Gasteiger partial charge in [-0.1, -0.05) is 49.9 Å². The van der Waals surface area contributed by atoms with E-state index < -0.39 is 0 Å². The van der Waals surface area contributed by atoms with Gasteiger partial charge in [0.15, 0.2) is 0 Å². The van der Waals surface area contributed by atoms with Gasteiger partial charge in [-0.2, -0.15) is 0 Å². The summed E-state index contributed by atoms with van der Waals surface area (Å²) in [4.78, 5) is 0. The molecule has 1 aliphatic carbocycles. The highest BCUT2D eigenvalue weighted by Gasteiger charge is 2.10. The number of aliphatic hydroxyl groups excluding tert-OH is 1. The number of halogens is 1. The molecular formula is C15H24ClNO. The molecular weight excluding hydrogens is 246 g/mol. The zero-order valence-corrected chi connectivity index (χ0v) is 11.7. The van der Waals surface area contributed by atoms with Crippen LogP contribution in [0.3, 0.4) is 0 Å². The van der Waals surface area contributed by atoms with Crippen LogP contribution in [0.2, 0.25) is 0 Å². The lowest BCUT2D eigenvalue weighted by Crippen LogP contribution is -2.27. The maximum Gasteiger partial charge on any atom is 0.0681 e. The van der Waals surface area contributed by atoms with Gasteiger partial charge in [-0.05, 0) is 24.0 Å². The molecule has 0 unspecified atom stereocenters. The van der Waals surface area contributed by atoms with Crippen LogP contribution in [0.15, 0.2) is 24.3 Å². The maximum absolute atomic E-state index is 8.98. The lowest BCUT2D eigenvalue weighted by atomic mass is 10.1. The predicted molar refractivity (Wildman–Crippen MR) is 77.9 cm³/mol. The van der Waals surface area contributed by atoms with E-state index in [0.717, 1.165) is 12.1 Å². The predicted octanol–water partition coefficient (Wildman–Crippen LogP) is 3.41. The van der Waals surface area contributed by atoms with E-state index in [2.05, 4.69) is 17.4 Å². The third-order valence-corrected chi connectivity index (χ3v) is 3.66. The summed E-state index contributed by atoms with van der Waals surface area (Å²) in [7, 11) is 0. The van der Waals surface area contributed by atoms with Gasteiger partial charge in [-0.3, -0.25) is 0 Å². The van der Waals surface area contributed by atoms with E-state index in [9.17, 15) is 0 Å². The summed E-state index contributed by atoms with van der Waals surface area (Å²) >= 11 is 0. The fourth-order valence-electron chi connectivity index (χ4n) is 2.51. The van der Waals surface area contributed by atoms with Crippen molar-refractivity contribution in [3.8, 4) is 0 Å². The lowest BCUT2D eigenvalue weighted by molar-refractivity contribution is 0.282. The van der Waals surface area contributed by atoms with Crippen LogP contribution in [-0.2, 0) is 13.2 Å². The number of hydrogen-bond acceptors (Lipinski definition) is 2. The molecule has 102 valence electrons. The Morgan fingerprint density at radius 2 is 1.50 bits per heavy atom. The van der Waals surface area contributed by atoms with Crippen molar-refractivity contribution in [1.82, 2.24) is 5.32 Å². The van der Waals surface area contributed by atoms with Gasteiger partial charge >= 0.3 is 0 Å². The molecule has 2 N–H and O–H groups in total. The molecule has 1 fully saturated rings. The Bertz CT molecular complexity index is 318. The van der Waals surface area contributed by atoms with E-state index in [1.165, 1.54) is 44.1 Å². The first-order valence-electron chi connectivity index (χ1n) is 6.80. The SMILES string of the molecule is Cl.OCc1ccc(CNC2CCCCCC2)cc1. The quantitative estimate of drug-likeness (QED) is 0.821. The highest BCUT2D eigenvalue weighted by molar-refractivity contribution is 5.85. The molecule has 0 aliphatic heterocycles. The largest absolute Gasteiger partial charge is 0.392 e. The van der Waals surface area contributed by atoms with E-state index in [-0.39, 0.29) is 19.0 Å². The van der Waals surface area contributed by atoms with E-state index >= 15 is 0 Å². The highest BCUT2D eigenvalue weighted by atomic mass is 35.5. The molecule has 1 aromatic carbocycles. The lowest BCUT2D eigenvalue weighted by Gasteiger charge is -2.16. The second kappa shape index (κ2) is 8.52. The van der Waals surface area contributed by atoms with Crippen molar-refractivity contribution in [3.05, 3.63) is 35.4 Å². The zero-order chi connectivity index (χ0) is 11.9. The highest BCUT2D eigenvalue weighted by Crippen LogP contribution is 2.17. The summed E-state index contributed by atoms with van der Waals surface area (Å²) < 4.78 is 0. The third-order valence-electron chi connectivity index (χ3n) is 3.66. The average Bonchev–Trinajstić information content (AvgIpc) is 2.65. The standard InChI is InChI=1S/C15H23NO.ClH/c17-12-14-9-7-13(8-10-14)11-16-15-5-3-1-2-4-6-15;/h7-10,15-17H,1-6,11-12H2;1H. The van der Waals surface area contributed by atoms with Crippen molar-refractivity contribution >= 4 is 12.4 Å². The van der Waals surface area contributed by atoms with Gasteiger partial charge in [0.1, 0.15) is 0 Å². The summed E-state index contributed by atoms with van der Waals surface area (Å²) in [5.41, 5.74) is 2.30. The molecule has 18 heavy (non-hydrogen) atoms. The molecule has 0 amide bonds. The first-order valence-corrected chi connectivity index (χ1v) is 6.80. The van der Waals surface area contributed by atoms with Crippen LogP contribution in [0.4, 0.5) is 0 Å². The molecule has 0 heterocycles. The van der Waals surface area contributed by atoms with Crippen LogP contribution in [0.25, 0.3) is 0 Å². The Hall–Kier alpha value is -0.570. The van der Waals surface area contributed by atoms with Crippen molar-refractivity contribution in [3.63, 3.8) is 0 Å². The third kappa shape index (κ3) is 4.97. The van der Waals surface area contributed by atoms with Crippen molar-refractivity contribution in [2.45, 2.75) is 57.7 Å². The van der Waals surface area contributed by atoms with Crippen LogP contribution in [-0.4, -0.2) is 11.1 Å². The minimum absolute atomic E-state index is 0.